The smallest absolute Gasteiger partial charge is 0.258 e. The molecule has 5 nitrogen and oxygen atoms in total. The van der Waals surface area contributed by atoms with Crippen LogP contribution in [0.25, 0.3) is 0 Å². The van der Waals surface area contributed by atoms with Crippen molar-refractivity contribution in [2.24, 2.45) is 0 Å². The molecule has 0 radical (unpaired) electrons. The van der Waals surface area contributed by atoms with Crippen molar-refractivity contribution in [3.63, 3.8) is 0 Å². The van der Waals surface area contributed by atoms with Gasteiger partial charge in [0.1, 0.15) is 0 Å². The van der Waals surface area contributed by atoms with E-state index in [0.717, 1.165) is 0 Å². The van der Waals surface area contributed by atoms with Crippen molar-refractivity contribution >= 4 is 18.0 Å². The molecule has 2 unspecified atom stereocenters. The molecule has 0 aromatic rings. The number of hydrogen-bond acceptors (Lipinski definition) is 4. The van der Waals surface area contributed by atoms with Crippen molar-refractivity contribution in [3.05, 3.63) is 0 Å². The monoisotopic (exact) mass is 213 g/mol. The molecular formula is C5H12NO4PS. The Morgan fingerprint density at radius 1 is 1.58 bits per heavy atom. The zero-order valence-electron chi connectivity index (χ0n) is 6.74. The first-order valence-electron chi connectivity index (χ1n) is 3.58. The van der Waals surface area contributed by atoms with Crippen molar-refractivity contribution in [2.45, 2.75) is 12.5 Å². The lowest BCUT2D eigenvalue weighted by Crippen LogP contribution is -2.24. The predicted molar refractivity (Wildman–Crippen MR) is 46.2 cm³/mol. The molecule has 72 valence electrons. The molecule has 1 fully saturated rings. The summed E-state index contributed by atoms with van der Waals surface area (Å²) < 4.78 is 37.2. The van der Waals surface area contributed by atoms with E-state index in [0.29, 0.717) is 6.42 Å². The van der Waals surface area contributed by atoms with Gasteiger partial charge < -0.3 is 4.52 Å². The number of rotatable bonds is 3. The van der Waals surface area contributed by atoms with Crippen LogP contribution in [0.1, 0.15) is 6.42 Å². The number of sulfone groups is 1. The third kappa shape index (κ3) is 2.86. The maximum absolute atomic E-state index is 10.9. The van der Waals surface area contributed by atoms with E-state index in [1.54, 1.807) is 0 Å². The molecule has 1 N–H and O–H groups in total. The number of hydrogen-bond donors (Lipinski definition) is 1. The quantitative estimate of drug-likeness (QED) is 0.657. The first kappa shape index (κ1) is 10.2. The molecule has 0 aromatic heterocycles. The van der Waals surface area contributed by atoms with Crippen molar-refractivity contribution in [3.8, 4) is 0 Å². The minimum absolute atomic E-state index is 0.0762. The molecule has 0 spiro atoms. The Kier molecular flexibility index (Phi) is 3.29. The average molecular weight is 213 g/mol. The minimum Gasteiger partial charge on any atom is -0.323 e. The normalized spacial score (nSPS) is 30.2. The van der Waals surface area contributed by atoms with Crippen LogP contribution in [-0.2, 0) is 18.9 Å². The van der Waals surface area contributed by atoms with Crippen molar-refractivity contribution in [1.82, 2.24) is 5.09 Å². The summed E-state index contributed by atoms with van der Waals surface area (Å²) >= 11 is 0. The summed E-state index contributed by atoms with van der Waals surface area (Å²) in [5, 5.41) is 2.63. The molecule has 12 heavy (non-hydrogen) atoms. The summed E-state index contributed by atoms with van der Waals surface area (Å²) in [7, 11) is -3.78. The third-order valence-corrected chi connectivity index (χ3v) is 4.52. The van der Waals surface area contributed by atoms with E-state index in [1.807, 2.05) is 0 Å². The molecule has 2 atom stereocenters. The van der Waals surface area contributed by atoms with E-state index in [9.17, 15) is 13.0 Å². The predicted octanol–water partition coefficient (Wildman–Crippen LogP) is -0.201. The summed E-state index contributed by atoms with van der Waals surface area (Å²) in [5.41, 5.74) is 0. The molecule has 0 amide bonds. The summed E-state index contributed by atoms with van der Waals surface area (Å²) in [5.74, 6) is 0.260. The Morgan fingerprint density at radius 3 is 2.67 bits per heavy atom. The second-order valence-electron chi connectivity index (χ2n) is 2.74. The molecular weight excluding hydrogens is 201 g/mol. The van der Waals surface area contributed by atoms with Crippen LogP contribution in [0.2, 0.25) is 0 Å². The molecule has 0 aromatic carbocycles. The largest absolute Gasteiger partial charge is 0.323 e. The summed E-state index contributed by atoms with van der Waals surface area (Å²) in [6.45, 7) is 0. The highest BCUT2D eigenvalue weighted by molar-refractivity contribution is 7.91. The van der Waals surface area contributed by atoms with Gasteiger partial charge in [0, 0.05) is 13.2 Å². The lowest BCUT2D eigenvalue weighted by Gasteiger charge is -2.07. The molecule has 0 saturated carbocycles. The van der Waals surface area contributed by atoms with Crippen molar-refractivity contribution in [1.29, 1.82) is 0 Å². The van der Waals surface area contributed by atoms with Crippen LogP contribution in [0.4, 0.5) is 0 Å². The average Bonchev–Trinajstić information content (AvgIpc) is 2.30. The van der Waals surface area contributed by atoms with Gasteiger partial charge in [-0.1, -0.05) is 0 Å². The molecule has 0 bridgehead atoms. The number of nitrogens with one attached hydrogen (secondary N) is 1. The molecule has 7 heteroatoms. The lowest BCUT2D eigenvalue weighted by molar-refractivity contribution is 0.398. The van der Waals surface area contributed by atoms with Crippen LogP contribution in [0.3, 0.4) is 0 Å². The lowest BCUT2D eigenvalue weighted by atomic mass is 10.3. The molecule has 1 aliphatic heterocycles. The van der Waals surface area contributed by atoms with E-state index >= 15 is 0 Å². The molecule has 1 aliphatic rings. The minimum atomic E-state index is -2.89. The van der Waals surface area contributed by atoms with Crippen LogP contribution in [0.15, 0.2) is 0 Å². The Hall–Kier alpha value is 0.100. The highest BCUT2D eigenvalue weighted by Gasteiger charge is 2.28. The Labute approximate surface area is 72.3 Å². The van der Waals surface area contributed by atoms with Gasteiger partial charge in [0.25, 0.3) is 8.18 Å². The summed E-state index contributed by atoms with van der Waals surface area (Å²) in [6.07, 6.45) is 0.530. The fourth-order valence-electron chi connectivity index (χ4n) is 1.13. The van der Waals surface area contributed by atoms with E-state index < -0.39 is 18.0 Å². The Morgan fingerprint density at radius 2 is 2.25 bits per heavy atom. The first-order valence-corrected chi connectivity index (χ1v) is 6.72. The van der Waals surface area contributed by atoms with E-state index in [-0.39, 0.29) is 17.5 Å². The standard InChI is InChI=1S/C5H12NO4PS/c1-10-11(7)6-5-2-3-12(8,9)4-5/h5,11H,2-4H2,1H3,(H,6,7). The zero-order chi connectivity index (χ0) is 9.19. The topological polar surface area (TPSA) is 72.5 Å². The van der Waals surface area contributed by atoms with Gasteiger partial charge in [0.2, 0.25) is 0 Å². The van der Waals surface area contributed by atoms with E-state index in [1.165, 1.54) is 7.11 Å². The highest BCUT2D eigenvalue weighted by atomic mass is 32.2. The fraction of sp³-hybridized carbons (Fsp3) is 1.00. The third-order valence-electron chi connectivity index (χ3n) is 1.74. The highest BCUT2D eigenvalue weighted by Crippen LogP contribution is 2.20. The molecule has 1 heterocycles. The Balaban J connectivity index is 2.43. The van der Waals surface area contributed by atoms with Gasteiger partial charge in [-0.05, 0) is 6.42 Å². The molecule has 0 aliphatic carbocycles. The summed E-state index contributed by atoms with van der Waals surface area (Å²) in [6, 6.07) is -0.193. The van der Waals surface area contributed by atoms with Gasteiger partial charge in [-0.2, -0.15) is 0 Å². The van der Waals surface area contributed by atoms with Crippen LogP contribution in [0, 0.1) is 0 Å². The van der Waals surface area contributed by atoms with Crippen molar-refractivity contribution < 1.29 is 17.5 Å². The SMILES string of the molecule is CO[PH](=O)NC1CCS(=O)(=O)C1. The van der Waals surface area contributed by atoms with Crippen LogP contribution in [0.5, 0.6) is 0 Å². The molecule has 1 saturated heterocycles. The summed E-state index contributed by atoms with van der Waals surface area (Å²) in [4.78, 5) is 0. The van der Waals surface area contributed by atoms with Gasteiger partial charge in [0.05, 0.1) is 11.5 Å². The van der Waals surface area contributed by atoms with Crippen molar-refractivity contribution in [2.75, 3.05) is 18.6 Å². The van der Waals surface area contributed by atoms with Gasteiger partial charge in [0.15, 0.2) is 9.84 Å². The van der Waals surface area contributed by atoms with Crippen LogP contribution in [-0.4, -0.2) is 33.1 Å². The van der Waals surface area contributed by atoms with E-state index in [4.69, 9.17) is 0 Å². The fourth-order valence-corrected chi connectivity index (χ4v) is 3.65. The van der Waals surface area contributed by atoms with Crippen LogP contribution < -0.4 is 5.09 Å². The second-order valence-corrected chi connectivity index (χ2v) is 6.24. The van der Waals surface area contributed by atoms with Gasteiger partial charge in [-0.25, -0.2) is 13.5 Å². The maximum Gasteiger partial charge on any atom is 0.258 e. The van der Waals surface area contributed by atoms with Gasteiger partial charge in [-0.3, -0.25) is 4.57 Å². The zero-order valence-corrected chi connectivity index (χ0v) is 8.56. The van der Waals surface area contributed by atoms with E-state index in [2.05, 4.69) is 9.61 Å². The van der Waals surface area contributed by atoms with Gasteiger partial charge >= 0.3 is 0 Å². The maximum atomic E-state index is 10.9. The first-order chi connectivity index (χ1) is 5.53. The Bertz CT molecular complexity index is 275. The van der Waals surface area contributed by atoms with Gasteiger partial charge in [-0.15, -0.1) is 0 Å². The van der Waals surface area contributed by atoms with Crippen LogP contribution >= 0.6 is 8.18 Å². The molecule has 1 rings (SSSR count). The second kappa shape index (κ2) is 3.87.